The van der Waals surface area contributed by atoms with Gasteiger partial charge < -0.3 is 40.3 Å². The number of hydrogen-bond donors (Lipinski definition) is 6. The number of rotatable bonds is 36. The molecule has 1 saturated heterocycles. The molecule has 9 heteroatoms. The highest BCUT2D eigenvalue weighted by atomic mass is 16.7. The third-order valence-electron chi connectivity index (χ3n) is 10.3. The summed E-state index contributed by atoms with van der Waals surface area (Å²) in [6.07, 6.45) is 41.0. The Morgan fingerprint density at radius 3 is 1.57 bits per heavy atom. The van der Waals surface area contributed by atoms with Gasteiger partial charge in [0.25, 0.3) is 0 Å². The summed E-state index contributed by atoms with van der Waals surface area (Å²) in [5.74, 6) is -0.211. The number of aliphatic hydroxyl groups excluding tert-OH is 5. The zero-order valence-electron chi connectivity index (χ0n) is 35.4. The molecule has 1 aliphatic rings. The first-order valence-corrected chi connectivity index (χ1v) is 22.5. The Bertz CT molecular complexity index is 1060. The van der Waals surface area contributed by atoms with Gasteiger partial charge in [-0.3, -0.25) is 4.79 Å². The molecule has 0 aromatic rings. The van der Waals surface area contributed by atoms with E-state index in [2.05, 4.69) is 79.9 Å². The van der Waals surface area contributed by atoms with Gasteiger partial charge in [-0.25, -0.2) is 0 Å². The fourth-order valence-electron chi connectivity index (χ4n) is 6.68. The third kappa shape index (κ3) is 27.5. The van der Waals surface area contributed by atoms with E-state index in [1.165, 1.54) is 89.9 Å². The molecule has 56 heavy (non-hydrogen) atoms. The van der Waals surface area contributed by atoms with Crippen molar-refractivity contribution in [1.29, 1.82) is 0 Å². The molecule has 1 amide bonds. The first-order valence-electron chi connectivity index (χ1n) is 22.5. The molecule has 1 heterocycles. The summed E-state index contributed by atoms with van der Waals surface area (Å²) in [4.78, 5) is 12.9. The molecule has 0 aromatic carbocycles. The van der Waals surface area contributed by atoms with Crippen molar-refractivity contribution in [1.82, 2.24) is 5.32 Å². The quantitative estimate of drug-likeness (QED) is 0.0272. The van der Waals surface area contributed by atoms with Crippen LogP contribution < -0.4 is 5.32 Å². The minimum Gasteiger partial charge on any atom is -0.394 e. The Balaban J connectivity index is 2.40. The number of allylic oxidation sites excluding steroid dienone is 10. The minimum absolute atomic E-state index is 0.175. The van der Waals surface area contributed by atoms with Gasteiger partial charge in [-0.1, -0.05) is 152 Å². The van der Waals surface area contributed by atoms with Gasteiger partial charge in [0.05, 0.1) is 25.4 Å². The summed E-state index contributed by atoms with van der Waals surface area (Å²) >= 11 is 0. The summed E-state index contributed by atoms with van der Waals surface area (Å²) in [6.45, 7) is 3.75. The maximum Gasteiger partial charge on any atom is 0.220 e. The molecule has 0 saturated carbocycles. The van der Waals surface area contributed by atoms with Crippen LogP contribution in [0.3, 0.4) is 0 Å². The predicted octanol–water partition coefficient (Wildman–Crippen LogP) is 9.22. The Hall–Kier alpha value is -2.11. The molecule has 0 aromatic heterocycles. The molecule has 0 spiro atoms. The van der Waals surface area contributed by atoms with E-state index < -0.39 is 49.5 Å². The van der Waals surface area contributed by atoms with Crippen molar-refractivity contribution in [3.8, 4) is 0 Å². The maximum atomic E-state index is 12.9. The number of ether oxygens (including phenoxy) is 2. The molecule has 2 unspecified atom stereocenters. The van der Waals surface area contributed by atoms with Gasteiger partial charge in [0.15, 0.2) is 6.29 Å². The normalized spacial score (nSPS) is 21.7. The minimum atomic E-state index is -1.57. The first kappa shape index (κ1) is 51.9. The highest BCUT2D eigenvalue weighted by Crippen LogP contribution is 2.23. The molecular weight excluding hydrogens is 707 g/mol. The number of amides is 1. The monoisotopic (exact) mass is 790 g/mol. The van der Waals surface area contributed by atoms with Crippen molar-refractivity contribution in [2.45, 2.75) is 217 Å². The van der Waals surface area contributed by atoms with E-state index in [0.29, 0.717) is 12.8 Å². The molecule has 6 N–H and O–H groups in total. The number of unbranched alkanes of at least 4 members (excludes halogenated alkanes) is 16. The molecule has 1 aliphatic heterocycles. The van der Waals surface area contributed by atoms with Gasteiger partial charge in [-0.2, -0.15) is 0 Å². The van der Waals surface area contributed by atoms with Crippen LogP contribution in [0.5, 0.6) is 0 Å². The number of nitrogens with one attached hydrogen (secondary N) is 1. The molecule has 0 aliphatic carbocycles. The summed E-state index contributed by atoms with van der Waals surface area (Å²) in [5, 5.41) is 54.2. The van der Waals surface area contributed by atoms with Crippen LogP contribution in [0.25, 0.3) is 0 Å². The van der Waals surface area contributed by atoms with Gasteiger partial charge >= 0.3 is 0 Å². The second-order valence-electron chi connectivity index (χ2n) is 15.5. The van der Waals surface area contributed by atoms with Gasteiger partial charge in [-0.05, 0) is 77.0 Å². The van der Waals surface area contributed by atoms with Crippen molar-refractivity contribution in [2.24, 2.45) is 0 Å². The van der Waals surface area contributed by atoms with Crippen LogP contribution in [0.2, 0.25) is 0 Å². The van der Waals surface area contributed by atoms with E-state index in [1.54, 1.807) is 0 Å². The van der Waals surface area contributed by atoms with Gasteiger partial charge in [0.2, 0.25) is 5.91 Å². The second-order valence-corrected chi connectivity index (χ2v) is 15.5. The average Bonchev–Trinajstić information content (AvgIpc) is 3.20. The van der Waals surface area contributed by atoms with Crippen LogP contribution in [0.15, 0.2) is 60.8 Å². The molecule has 1 fully saturated rings. The van der Waals surface area contributed by atoms with Crippen molar-refractivity contribution in [3.05, 3.63) is 60.8 Å². The van der Waals surface area contributed by atoms with Crippen LogP contribution in [-0.2, 0) is 14.3 Å². The zero-order chi connectivity index (χ0) is 40.9. The second kappa shape index (κ2) is 37.2. The Morgan fingerprint density at radius 1 is 0.607 bits per heavy atom. The Kier molecular flexibility index (Phi) is 34.5. The van der Waals surface area contributed by atoms with Crippen molar-refractivity contribution in [3.63, 3.8) is 0 Å². The van der Waals surface area contributed by atoms with Crippen LogP contribution in [0, 0.1) is 0 Å². The van der Waals surface area contributed by atoms with Gasteiger partial charge in [-0.15, -0.1) is 0 Å². The molecule has 0 bridgehead atoms. The predicted molar refractivity (Wildman–Crippen MR) is 230 cm³/mol. The maximum absolute atomic E-state index is 12.9. The lowest BCUT2D eigenvalue weighted by molar-refractivity contribution is -0.302. The van der Waals surface area contributed by atoms with Crippen LogP contribution in [0.4, 0.5) is 0 Å². The SMILES string of the molecule is CCCCCCCC/C=C/CCCC[C@@H](O)[C@H](CO[C@H]1O[C@@H](CO)[C@H](O)C(O)C1O)NC(=O)CCC/C=C/C/C=C/C/C=C/C/C=C/CCCCCCCCC. The molecule has 7 atom stereocenters. The fraction of sp³-hybridized carbons (Fsp3) is 0.766. The van der Waals surface area contributed by atoms with E-state index in [4.69, 9.17) is 9.47 Å². The van der Waals surface area contributed by atoms with Crippen molar-refractivity contribution < 1.29 is 39.8 Å². The topological polar surface area (TPSA) is 149 Å². The van der Waals surface area contributed by atoms with Crippen LogP contribution >= 0.6 is 0 Å². The highest BCUT2D eigenvalue weighted by Gasteiger charge is 2.44. The first-order chi connectivity index (χ1) is 27.3. The lowest BCUT2D eigenvalue weighted by Crippen LogP contribution is -2.60. The smallest absolute Gasteiger partial charge is 0.220 e. The summed E-state index contributed by atoms with van der Waals surface area (Å²) in [6, 6.07) is -0.765. The van der Waals surface area contributed by atoms with Gasteiger partial charge in [0, 0.05) is 6.42 Å². The van der Waals surface area contributed by atoms with E-state index in [0.717, 1.165) is 51.4 Å². The van der Waals surface area contributed by atoms with E-state index in [9.17, 15) is 30.3 Å². The van der Waals surface area contributed by atoms with E-state index in [1.807, 2.05) is 0 Å². The van der Waals surface area contributed by atoms with Crippen molar-refractivity contribution in [2.75, 3.05) is 13.2 Å². The summed E-state index contributed by atoms with van der Waals surface area (Å²) < 4.78 is 11.2. The number of carbonyl (C=O) groups excluding carboxylic acids is 1. The van der Waals surface area contributed by atoms with E-state index >= 15 is 0 Å². The van der Waals surface area contributed by atoms with E-state index in [-0.39, 0.29) is 18.9 Å². The Morgan fingerprint density at radius 2 is 1.05 bits per heavy atom. The molecule has 9 nitrogen and oxygen atoms in total. The Labute approximate surface area is 341 Å². The highest BCUT2D eigenvalue weighted by molar-refractivity contribution is 5.76. The fourth-order valence-corrected chi connectivity index (χ4v) is 6.68. The number of carbonyl (C=O) groups is 1. The largest absolute Gasteiger partial charge is 0.394 e. The van der Waals surface area contributed by atoms with Crippen LogP contribution in [-0.4, -0.2) is 87.5 Å². The lowest BCUT2D eigenvalue weighted by Gasteiger charge is -2.40. The zero-order valence-corrected chi connectivity index (χ0v) is 35.4. The van der Waals surface area contributed by atoms with Gasteiger partial charge in [0.1, 0.15) is 24.4 Å². The van der Waals surface area contributed by atoms with Crippen molar-refractivity contribution >= 4 is 5.91 Å². The number of hydrogen-bond acceptors (Lipinski definition) is 8. The standard InChI is InChI=1S/C47H83NO8/c1-3-5-7-9-11-13-15-17-18-19-20-21-22-23-24-25-27-29-31-33-35-37-43(51)48-40(39-55-47-46(54)45(53)44(52)42(38-49)56-47)41(50)36-34-32-30-28-26-16-14-12-10-8-6-4-2/h18-19,21-22,24-26,28-29,31,40-42,44-47,49-50,52-54H,3-17,20,23,27,30,32-39H2,1-2H3,(H,48,51)/b19-18+,22-21+,25-24+,28-26+,31-29+/t40-,41+,42-,44-,45?,46?,47-/m0/s1. The summed E-state index contributed by atoms with van der Waals surface area (Å²) in [5.41, 5.74) is 0. The molecule has 324 valence electrons. The molecule has 1 rings (SSSR count). The molecular formula is C47H83NO8. The van der Waals surface area contributed by atoms with Crippen LogP contribution in [0.1, 0.15) is 174 Å². The number of aliphatic hydroxyl groups is 5. The third-order valence-corrected chi connectivity index (χ3v) is 10.3. The summed E-state index contributed by atoms with van der Waals surface area (Å²) in [7, 11) is 0. The lowest BCUT2D eigenvalue weighted by atomic mass is 9.99. The average molecular weight is 790 g/mol. The molecule has 0 radical (unpaired) electrons.